The molecule has 2 rings (SSSR count). The fourth-order valence-corrected chi connectivity index (χ4v) is 1.61. The Hall–Kier alpha value is -1.78. The van der Waals surface area contributed by atoms with Crippen LogP contribution in [-0.4, -0.2) is 23.8 Å². The molecule has 1 amide bonds. The molecule has 4 nitrogen and oxygen atoms in total. The predicted octanol–water partition coefficient (Wildman–Crippen LogP) is 2.27. The maximum Gasteiger partial charge on any atom is 0.414 e. The standard InChI is InChI=1S/C11H12FNO3/c1-2-8-6-13(11(15)16-8)7-3-4-10(14)9(12)5-7/h3-5,8,14H,2,6H2,1H3/t8-/m0/s1. The summed E-state index contributed by atoms with van der Waals surface area (Å²) in [5, 5.41) is 9.04. The number of hydrogen-bond donors (Lipinski definition) is 1. The van der Waals surface area contributed by atoms with E-state index in [1.165, 1.54) is 17.0 Å². The number of phenols is 1. The van der Waals surface area contributed by atoms with Gasteiger partial charge in [0.05, 0.1) is 12.2 Å². The number of halogens is 1. The van der Waals surface area contributed by atoms with Crippen LogP contribution >= 0.6 is 0 Å². The van der Waals surface area contributed by atoms with E-state index >= 15 is 0 Å². The summed E-state index contributed by atoms with van der Waals surface area (Å²) in [5.41, 5.74) is 0.399. The molecule has 16 heavy (non-hydrogen) atoms. The number of rotatable bonds is 2. The molecule has 0 bridgehead atoms. The van der Waals surface area contributed by atoms with Crippen molar-refractivity contribution in [2.24, 2.45) is 0 Å². The van der Waals surface area contributed by atoms with Gasteiger partial charge in [0.15, 0.2) is 11.6 Å². The highest BCUT2D eigenvalue weighted by atomic mass is 19.1. The average Bonchev–Trinajstić information content (AvgIpc) is 2.64. The van der Waals surface area contributed by atoms with Gasteiger partial charge in [0, 0.05) is 6.07 Å². The molecule has 86 valence electrons. The Balaban J connectivity index is 2.24. The van der Waals surface area contributed by atoms with Crippen LogP contribution in [0, 0.1) is 5.82 Å². The Labute approximate surface area is 92.2 Å². The fourth-order valence-electron chi connectivity index (χ4n) is 1.61. The zero-order chi connectivity index (χ0) is 11.7. The first-order valence-corrected chi connectivity index (χ1v) is 5.08. The minimum Gasteiger partial charge on any atom is -0.505 e. The fraction of sp³-hybridized carbons (Fsp3) is 0.364. The third-order valence-corrected chi connectivity index (χ3v) is 2.57. The summed E-state index contributed by atoms with van der Waals surface area (Å²) in [6, 6.07) is 3.82. The molecule has 1 N–H and O–H groups in total. The van der Waals surface area contributed by atoms with E-state index in [0.717, 1.165) is 12.5 Å². The molecule has 1 fully saturated rings. The maximum absolute atomic E-state index is 13.1. The molecule has 5 heteroatoms. The van der Waals surface area contributed by atoms with E-state index in [4.69, 9.17) is 9.84 Å². The molecule has 1 aliphatic rings. The van der Waals surface area contributed by atoms with Gasteiger partial charge in [-0.2, -0.15) is 0 Å². The van der Waals surface area contributed by atoms with Gasteiger partial charge in [-0.1, -0.05) is 6.92 Å². The van der Waals surface area contributed by atoms with Crippen LogP contribution in [-0.2, 0) is 4.74 Å². The maximum atomic E-state index is 13.1. The van der Waals surface area contributed by atoms with Gasteiger partial charge in [0.1, 0.15) is 6.10 Å². The first-order valence-electron chi connectivity index (χ1n) is 5.08. The molecular weight excluding hydrogens is 213 g/mol. The summed E-state index contributed by atoms with van der Waals surface area (Å²) in [4.78, 5) is 12.8. The molecule has 0 radical (unpaired) electrons. The van der Waals surface area contributed by atoms with Crippen LogP contribution in [0.5, 0.6) is 5.75 Å². The lowest BCUT2D eigenvalue weighted by Gasteiger charge is -2.12. The number of phenolic OH excluding ortho intramolecular Hbond substituents is 1. The zero-order valence-corrected chi connectivity index (χ0v) is 8.81. The zero-order valence-electron chi connectivity index (χ0n) is 8.81. The Morgan fingerprint density at radius 2 is 2.38 bits per heavy atom. The van der Waals surface area contributed by atoms with Gasteiger partial charge in [-0.25, -0.2) is 9.18 Å². The first kappa shape index (κ1) is 10.7. The first-order chi connectivity index (χ1) is 7.61. The second kappa shape index (κ2) is 4.00. The van der Waals surface area contributed by atoms with Crippen molar-refractivity contribution in [3.05, 3.63) is 24.0 Å². The number of hydrogen-bond acceptors (Lipinski definition) is 3. The normalized spacial score (nSPS) is 20.0. The highest BCUT2D eigenvalue weighted by Gasteiger charge is 2.31. The lowest BCUT2D eigenvalue weighted by Crippen LogP contribution is -2.24. The van der Waals surface area contributed by atoms with Crippen LogP contribution in [0.1, 0.15) is 13.3 Å². The Morgan fingerprint density at radius 3 is 2.94 bits per heavy atom. The molecule has 0 spiro atoms. The molecule has 0 aromatic heterocycles. The number of carbonyl (C=O) groups is 1. The Morgan fingerprint density at radius 1 is 1.62 bits per heavy atom. The van der Waals surface area contributed by atoms with Crippen LogP contribution in [0.4, 0.5) is 14.9 Å². The van der Waals surface area contributed by atoms with Gasteiger partial charge < -0.3 is 9.84 Å². The molecule has 1 heterocycles. The molecule has 1 atom stereocenters. The Bertz CT molecular complexity index is 422. The van der Waals surface area contributed by atoms with Gasteiger partial charge >= 0.3 is 6.09 Å². The molecule has 1 saturated heterocycles. The molecule has 0 aliphatic carbocycles. The topological polar surface area (TPSA) is 49.8 Å². The van der Waals surface area contributed by atoms with Gasteiger partial charge in [-0.15, -0.1) is 0 Å². The summed E-state index contributed by atoms with van der Waals surface area (Å²) in [7, 11) is 0. The lowest BCUT2D eigenvalue weighted by molar-refractivity contribution is 0.139. The van der Waals surface area contributed by atoms with Crippen molar-refractivity contribution in [2.45, 2.75) is 19.4 Å². The van der Waals surface area contributed by atoms with Gasteiger partial charge in [-0.05, 0) is 18.6 Å². The largest absolute Gasteiger partial charge is 0.505 e. The van der Waals surface area contributed by atoms with Crippen molar-refractivity contribution in [2.75, 3.05) is 11.4 Å². The quantitative estimate of drug-likeness (QED) is 0.839. The average molecular weight is 225 g/mol. The number of amides is 1. The van der Waals surface area contributed by atoms with Crippen LogP contribution in [0.3, 0.4) is 0 Å². The van der Waals surface area contributed by atoms with E-state index in [-0.39, 0.29) is 6.10 Å². The number of benzene rings is 1. The molecule has 1 aliphatic heterocycles. The highest BCUT2D eigenvalue weighted by Crippen LogP contribution is 2.26. The molecule has 0 unspecified atom stereocenters. The molecule has 1 aromatic carbocycles. The van der Waals surface area contributed by atoms with E-state index in [0.29, 0.717) is 12.2 Å². The second-order valence-electron chi connectivity index (χ2n) is 3.66. The van der Waals surface area contributed by atoms with Crippen molar-refractivity contribution in [1.82, 2.24) is 0 Å². The second-order valence-corrected chi connectivity index (χ2v) is 3.66. The number of ether oxygens (including phenoxy) is 1. The smallest absolute Gasteiger partial charge is 0.414 e. The summed E-state index contributed by atoms with van der Waals surface area (Å²) < 4.78 is 18.2. The number of nitrogens with zero attached hydrogens (tertiary/aromatic N) is 1. The predicted molar refractivity (Wildman–Crippen MR) is 56.0 cm³/mol. The Kier molecular flexibility index (Phi) is 2.68. The van der Waals surface area contributed by atoms with Gasteiger partial charge in [0.25, 0.3) is 0 Å². The van der Waals surface area contributed by atoms with Crippen molar-refractivity contribution >= 4 is 11.8 Å². The summed E-state index contributed by atoms with van der Waals surface area (Å²) in [5.74, 6) is -1.17. The third-order valence-electron chi connectivity index (χ3n) is 2.57. The van der Waals surface area contributed by atoms with Crippen LogP contribution in [0.2, 0.25) is 0 Å². The van der Waals surface area contributed by atoms with Crippen molar-refractivity contribution in [3.8, 4) is 5.75 Å². The van der Waals surface area contributed by atoms with Gasteiger partial charge in [-0.3, -0.25) is 4.90 Å². The van der Waals surface area contributed by atoms with Gasteiger partial charge in [0.2, 0.25) is 0 Å². The molecule has 0 saturated carbocycles. The van der Waals surface area contributed by atoms with Crippen LogP contribution < -0.4 is 4.90 Å². The van der Waals surface area contributed by atoms with E-state index in [1.807, 2.05) is 6.92 Å². The van der Waals surface area contributed by atoms with E-state index in [1.54, 1.807) is 0 Å². The number of carbonyl (C=O) groups excluding carboxylic acids is 1. The van der Waals surface area contributed by atoms with Crippen molar-refractivity contribution in [3.63, 3.8) is 0 Å². The molecular formula is C11H12FNO3. The molecule has 1 aromatic rings. The highest BCUT2D eigenvalue weighted by molar-refractivity contribution is 5.89. The number of anilines is 1. The van der Waals surface area contributed by atoms with Crippen molar-refractivity contribution < 1.29 is 19.0 Å². The van der Waals surface area contributed by atoms with E-state index < -0.39 is 17.7 Å². The summed E-state index contributed by atoms with van der Waals surface area (Å²) >= 11 is 0. The summed E-state index contributed by atoms with van der Waals surface area (Å²) in [6.45, 7) is 2.33. The summed E-state index contributed by atoms with van der Waals surface area (Å²) in [6.07, 6.45) is 0.101. The minimum absolute atomic E-state index is 0.149. The van der Waals surface area contributed by atoms with E-state index in [9.17, 15) is 9.18 Å². The lowest BCUT2D eigenvalue weighted by atomic mass is 10.2. The van der Waals surface area contributed by atoms with E-state index in [2.05, 4.69) is 0 Å². The third kappa shape index (κ3) is 1.80. The number of cyclic esters (lactones) is 1. The number of aromatic hydroxyl groups is 1. The van der Waals surface area contributed by atoms with Crippen molar-refractivity contribution in [1.29, 1.82) is 0 Å². The monoisotopic (exact) mass is 225 g/mol. The van der Waals surface area contributed by atoms with Crippen LogP contribution in [0.25, 0.3) is 0 Å². The minimum atomic E-state index is -0.745. The SMILES string of the molecule is CC[C@H]1CN(c2ccc(O)c(F)c2)C(=O)O1. The van der Waals surface area contributed by atoms with Crippen LogP contribution in [0.15, 0.2) is 18.2 Å².